The fourth-order valence-corrected chi connectivity index (χ4v) is 1.64. The van der Waals surface area contributed by atoms with Gasteiger partial charge >= 0.3 is 5.97 Å². The van der Waals surface area contributed by atoms with Crippen molar-refractivity contribution in [1.82, 2.24) is 5.32 Å². The molecule has 106 valence electrons. The van der Waals surface area contributed by atoms with Crippen LogP contribution in [0.3, 0.4) is 0 Å². The molecule has 1 rings (SSSR count). The van der Waals surface area contributed by atoms with Crippen molar-refractivity contribution in [1.29, 1.82) is 0 Å². The second-order valence-corrected chi connectivity index (χ2v) is 4.32. The minimum Gasteiger partial charge on any atom is -0.492 e. The van der Waals surface area contributed by atoms with E-state index in [1.807, 2.05) is 6.92 Å². The Hall–Kier alpha value is -1.59. The van der Waals surface area contributed by atoms with Crippen molar-refractivity contribution < 1.29 is 19.7 Å². The molecule has 0 fully saturated rings. The van der Waals surface area contributed by atoms with Crippen LogP contribution in [-0.2, 0) is 0 Å². The summed E-state index contributed by atoms with van der Waals surface area (Å²) in [5.41, 5.74) is 0.244. The van der Waals surface area contributed by atoms with Crippen LogP contribution in [0.2, 0.25) is 0 Å². The molecule has 1 aromatic carbocycles. The van der Waals surface area contributed by atoms with E-state index in [4.69, 9.17) is 9.84 Å². The number of carboxylic acid groups (broad SMARTS) is 1. The standard InChI is InChI=1S/C14H21NO4/c1-2-3-12(16)10-15-8-9-19-13-6-4-11(5-7-13)14(17)18/h4-7,12,15-16H,2-3,8-10H2,1H3,(H,17,18). The van der Waals surface area contributed by atoms with Crippen molar-refractivity contribution in [2.75, 3.05) is 19.7 Å². The molecule has 1 atom stereocenters. The third kappa shape index (κ3) is 6.22. The van der Waals surface area contributed by atoms with Crippen LogP contribution in [0.4, 0.5) is 0 Å². The van der Waals surface area contributed by atoms with Gasteiger partial charge in [-0.3, -0.25) is 0 Å². The highest BCUT2D eigenvalue weighted by atomic mass is 16.5. The minimum absolute atomic E-state index is 0.244. The van der Waals surface area contributed by atoms with Crippen molar-refractivity contribution in [2.24, 2.45) is 0 Å². The SMILES string of the molecule is CCCC(O)CNCCOc1ccc(C(=O)O)cc1. The third-order valence-corrected chi connectivity index (χ3v) is 2.65. The van der Waals surface area contributed by atoms with Crippen LogP contribution >= 0.6 is 0 Å². The quantitative estimate of drug-likeness (QED) is 0.591. The lowest BCUT2D eigenvalue weighted by atomic mass is 10.2. The van der Waals surface area contributed by atoms with E-state index in [0.29, 0.717) is 25.4 Å². The van der Waals surface area contributed by atoms with E-state index < -0.39 is 5.97 Å². The van der Waals surface area contributed by atoms with E-state index in [1.54, 1.807) is 12.1 Å². The molecule has 0 aliphatic carbocycles. The van der Waals surface area contributed by atoms with Crippen molar-refractivity contribution >= 4 is 5.97 Å². The van der Waals surface area contributed by atoms with Crippen LogP contribution in [0, 0.1) is 0 Å². The Bertz CT molecular complexity index is 378. The average molecular weight is 267 g/mol. The monoisotopic (exact) mass is 267 g/mol. The molecule has 0 aliphatic heterocycles. The summed E-state index contributed by atoms with van der Waals surface area (Å²) >= 11 is 0. The van der Waals surface area contributed by atoms with Gasteiger partial charge in [-0.15, -0.1) is 0 Å². The zero-order chi connectivity index (χ0) is 14.1. The number of hydrogen-bond donors (Lipinski definition) is 3. The van der Waals surface area contributed by atoms with Crippen molar-refractivity contribution in [3.8, 4) is 5.75 Å². The summed E-state index contributed by atoms with van der Waals surface area (Å²) in [7, 11) is 0. The molecule has 0 bridgehead atoms. The summed E-state index contributed by atoms with van der Waals surface area (Å²) in [4.78, 5) is 10.7. The van der Waals surface area contributed by atoms with Gasteiger partial charge in [-0.05, 0) is 30.7 Å². The van der Waals surface area contributed by atoms with Crippen molar-refractivity contribution in [2.45, 2.75) is 25.9 Å². The molecule has 0 aromatic heterocycles. The van der Waals surface area contributed by atoms with Gasteiger partial charge in [-0.1, -0.05) is 13.3 Å². The largest absolute Gasteiger partial charge is 0.492 e. The van der Waals surface area contributed by atoms with Crippen molar-refractivity contribution in [3.05, 3.63) is 29.8 Å². The van der Waals surface area contributed by atoms with Crippen LogP contribution in [0.25, 0.3) is 0 Å². The maximum absolute atomic E-state index is 10.7. The smallest absolute Gasteiger partial charge is 0.335 e. The molecule has 1 unspecified atom stereocenters. The van der Waals surface area contributed by atoms with E-state index in [-0.39, 0.29) is 11.7 Å². The third-order valence-electron chi connectivity index (χ3n) is 2.65. The van der Waals surface area contributed by atoms with Gasteiger partial charge in [0.1, 0.15) is 12.4 Å². The Morgan fingerprint density at radius 1 is 1.37 bits per heavy atom. The first-order valence-electron chi connectivity index (χ1n) is 6.48. The molecule has 5 heteroatoms. The molecule has 3 N–H and O–H groups in total. The predicted molar refractivity (Wildman–Crippen MR) is 72.7 cm³/mol. The lowest BCUT2D eigenvalue weighted by molar-refractivity contribution is 0.0697. The maximum atomic E-state index is 10.7. The Labute approximate surface area is 113 Å². The molecule has 0 spiro atoms. The van der Waals surface area contributed by atoms with Crippen LogP contribution in [0.15, 0.2) is 24.3 Å². The highest BCUT2D eigenvalue weighted by Crippen LogP contribution is 2.11. The first-order valence-corrected chi connectivity index (χ1v) is 6.48. The number of benzene rings is 1. The molecular weight excluding hydrogens is 246 g/mol. The Kier molecular flexibility index (Phi) is 6.92. The van der Waals surface area contributed by atoms with Gasteiger partial charge in [-0.25, -0.2) is 4.79 Å². The molecule has 19 heavy (non-hydrogen) atoms. The molecule has 0 saturated carbocycles. The number of ether oxygens (including phenoxy) is 1. The summed E-state index contributed by atoms with van der Waals surface area (Å²) in [5.74, 6) is -0.306. The first kappa shape index (κ1) is 15.5. The van der Waals surface area contributed by atoms with Gasteiger partial charge in [0.25, 0.3) is 0 Å². The first-order chi connectivity index (χ1) is 9.13. The van der Waals surface area contributed by atoms with E-state index in [1.165, 1.54) is 12.1 Å². The van der Waals surface area contributed by atoms with Crippen LogP contribution in [0.1, 0.15) is 30.1 Å². The Morgan fingerprint density at radius 2 is 2.05 bits per heavy atom. The number of rotatable bonds is 9. The maximum Gasteiger partial charge on any atom is 0.335 e. The van der Waals surface area contributed by atoms with Gasteiger partial charge in [0, 0.05) is 13.1 Å². The molecule has 0 amide bonds. The predicted octanol–water partition coefficient (Wildman–Crippen LogP) is 1.51. The number of nitrogens with one attached hydrogen (secondary N) is 1. The average Bonchev–Trinajstić information content (AvgIpc) is 2.39. The summed E-state index contributed by atoms with van der Waals surface area (Å²) in [5, 5.41) is 21.3. The topological polar surface area (TPSA) is 78.8 Å². The number of aliphatic hydroxyl groups excluding tert-OH is 1. The van der Waals surface area contributed by atoms with Gasteiger partial charge in [-0.2, -0.15) is 0 Å². The fourth-order valence-electron chi connectivity index (χ4n) is 1.64. The molecule has 5 nitrogen and oxygen atoms in total. The van der Waals surface area contributed by atoms with Gasteiger partial charge in [0.2, 0.25) is 0 Å². The van der Waals surface area contributed by atoms with Gasteiger partial charge in [0.05, 0.1) is 11.7 Å². The summed E-state index contributed by atoms with van der Waals surface area (Å²) in [6.07, 6.45) is 1.46. The summed E-state index contributed by atoms with van der Waals surface area (Å²) in [6, 6.07) is 6.29. The summed E-state index contributed by atoms with van der Waals surface area (Å²) in [6.45, 7) is 3.72. The lowest BCUT2D eigenvalue weighted by Crippen LogP contribution is -2.30. The Morgan fingerprint density at radius 3 is 2.63 bits per heavy atom. The van der Waals surface area contributed by atoms with E-state index in [0.717, 1.165) is 12.8 Å². The number of aromatic carboxylic acids is 1. The van der Waals surface area contributed by atoms with E-state index in [2.05, 4.69) is 5.32 Å². The molecule has 0 radical (unpaired) electrons. The van der Waals surface area contributed by atoms with Crippen LogP contribution in [0.5, 0.6) is 5.75 Å². The van der Waals surface area contributed by atoms with Crippen molar-refractivity contribution in [3.63, 3.8) is 0 Å². The number of aliphatic hydroxyl groups is 1. The molecule has 1 aromatic rings. The zero-order valence-corrected chi connectivity index (χ0v) is 11.1. The van der Waals surface area contributed by atoms with E-state index >= 15 is 0 Å². The normalized spacial score (nSPS) is 12.1. The van der Waals surface area contributed by atoms with Gasteiger partial charge in [0.15, 0.2) is 0 Å². The minimum atomic E-state index is -0.946. The number of carbonyl (C=O) groups is 1. The van der Waals surface area contributed by atoms with Crippen LogP contribution in [-0.4, -0.2) is 42.0 Å². The lowest BCUT2D eigenvalue weighted by Gasteiger charge is -2.11. The fraction of sp³-hybridized carbons (Fsp3) is 0.500. The van der Waals surface area contributed by atoms with E-state index in [9.17, 15) is 9.90 Å². The molecule has 0 heterocycles. The molecule has 0 aliphatic rings. The zero-order valence-electron chi connectivity index (χ0n) is 11.1. The Balaban J connectivity index is 2.17. The summed E-state index contributed by atoms with van der Waals surface area (Å²) < 4.78 is 5.45. The van der Waals surface area contributed by atoms with Crippen LogP contribution < -0.4 is 10.1 Å². The second kappa shape index (κ2) is 8.50. The highest BCUT2D eigenvalue weighted by Gasteiger charge is 2.03. The number of carboxylic acids is 1. The highest BCUT2D eigenvalue weighted by molar-refractivity contribution is 5.87. The number of hydrogen-bond acceptors (Lipinski definition) is 4. The second-order valence-electron chi connectivity index (χ2n) is 4.32. The molecular formula is C14H21NO4. The van der Waals surface area contributed by atoms with Gasteiger partial charge < -0.3 is 20.3 Å². The molecule has 0 saturated heterocycles.